The summed E-state index contributed by atoms with van der Waals surface area (Å²) in [5.74, 6) is 9.60. The van der Waals surface area contributed by atoms with Gasteiger partial charge in [-0.15, -0.1) is 0 Å². The minimum atomic E-state index is -4.93. The van der Waals surface area contributed by atoms with Gasteiger partial charge in [0.05, 0.1) is 16.8 Å². The number of amides is 1. The Labute approximate surface area is 198 Å². The normalized spacial score (nSPS) is 13.3. The molecule has 0 saturated carbocycles. The minimum absolute atomic E-state index is 0.0104. The lowest BCUT2D eigenvalue weighted by Gasteiger charge is -2.39. The van der Waals surface area contributed by atoms with Crippen molar-refractivity contribution in [2.75, 3.05) is 0 Å². The molecule has 0 aliphatic rings. The van der Waals surface area contributed by atoms with Crippen LogP contribution >= 0.6 is 0 Å². The highest BCUT2D eigenvalue weighted by molar-refractivity contribution is 6.08. The predicted octanol–water partition coefficient (Wildman–Crippen LogP) is 2.77. The van der Waals surface area contributed by atoms with Crippen LogP contribution < -0.4 is 17.1 Å². The Hall–Kier alpha value is -3.99. The molecule has 2 rings (SSSR count). The molecule has 0 fully saturated rings. The Kier molecular flexibility index (Phi) is 8.53. The van der Waals surface area contributed by atoms with E-state index in [9.17, 15) is 32.7 Å². The van der Waals surface area contributed by atoms with Crippen LogP contribution in [0.3, 0.4) is 0 Å². The standard InChI is InChI=1S/C23H24F3N5O4/c1-14(2)8-20(33)31(28)22(21(34)35,19(12-32)15-6-4-3-5-7-15)16-9-17(23(24,25)26)11-18(10-16)29-13-30-27/h3-7,9-11,13-14H,8,27-28H2,1-2H3,(H,29,30)(H,34,35)/t22-/m0/s1. The van der Waals surface area contributed by atoms with Gasteiger partial charge in [0.15, 0.2) is 0 Å². The monoisotopic (exact) mass is 491 g/mol. The van der Waals surface area contributed by atoms with Crippen molar-refractivity contribution in [2.24, 2.45) is 22.6 Å². The largest absolute Gasteiger partial charge is 0.479 e. The van der Waals surface area contributed by atoms with Crippen LogP contribution in [-0.2, 0) is 26.1 Å². The summed E-state index contributed by atoms with van der Waals surface area (Å²) in [5.41, 5.74) is -3.80. The Bertz CT molecular complexity index is 1160. The van der Waals surface area contributed by atoms with Crippen LogP contribution in [0, 0.1) is 5.92 Å². The molecule has 0 heterocycles. The third-order valence-corrected chi connectivity index (χ3v) is 5.00. The second-order valence-corrected chi connectivity index (χ2v) is 7.91. The number of hydrogen-bond donors (Lipinski definition) is 4. The van der Waals surface area contributed by atoms with E-state index >= 15 is 0 Å². The lowest BCUT2D eigenvalue weighted by Crippen LogP contribution is -2.59. The first-order chi connectivity index (χ1) is 16.4. The number of benzene rings is 2. The number of carbonyl (C=O) groups is 2. The molecular weight excluding hydrogens is 467 g/mol. The van der Waals surface area contributed by atoms with Crippen LogP contribution in [0.25, 0.3) is 5.57 Å². The first-order valence-corrected chi connectivity index (χ1v) is 10.2. The molecule has 0 aromatic heterocycles. The number of carboxylic acid groups (broad SMARTS) is 1. The van der Waals surface area contributed by atoms with E-state index in [1.54, 1.807) is 19.9 Å². The Balaban J connectivity index is 3.04. The van der Waals surface area contributed by atoms with Crippen molar-refractivity contribution in [3.63, 3.8) is 0 Å². The summed E-state index contributed by atoms with van der Waals surface area (Å²) in [6, 6.07) is 9.36. The lowest BCUT2D eigenvalue weighted by molar-refractivity contribution is -0.156. The summed E-state index contributed by atoms with van der Waals surface area (Å²) in [6.45, 7) is 3.33. The third kappa shape index (κ3) is 5.75. The molecule has 1 atom stereocenters. The lowest BCUT2D eigenvalue weighted by atomic mass is 9.78. The molecule has 0 aliphatic carbocycles. The number of aliphatic imine (C=N–C) groups is 1. The SMILES string of the molecule is CC(C)CC(=O)N(N)[C@](C(=O)O)(C(=C=O)c1ccccc1)c1cc(N=CNN)cc(C(F)(F)F)c1. The number of aliphatic carboxylic acids is 1. The van der Waals surface area contributed by atoms with Crippen molar-refractivity contribution < 1.29 is 32.7 Å². The fraction of sp³-hybridized carbons (Fsp3) is 0.261. The zero-order chi connectivity index (χ0) is 26.4. The molecule has 0 radical (unpaired) electrons. The summed E-state index contributed by atoms with van der Waals surface area (Å²) in [5, 5.41) is 10.7. The number of hydrogen-bond acceptors (Lipinski definition) is 6. The maximum Gasteiger partial charge on any atom is 0.416 e. The van der Waals surface area contributed by atoms with Gasteiger partial charge < -0.3 is 10.5 Å². The van der Waals surface area contributed by atoms with Crippen LogP contribution in [-0.4, -0.2) is 34.3 Å². The van der Waals surface area contributed by atoms with Gasteiger partial charge >= 0.3 is 12.1 Å². The number of nitrogens with zero attached hydrogens (tertiary/aromatic N) is 2. The molecule has 12 heteroatoms. The molecule has 35 heavy (non-hydrogen) atoms. The fourth-order valence-electron chi connectivity index (χ4n) is 3.49. The van der Waals surface area contributed by atoms with Crippen molar-refractivity contribution in [3.8, 4) is 0 Å². The van der Waals surface area contributed by atoms with E-state index in [1.807, 2.05) is 5.43 Å². The van der Waals surface area contributed by atoms with Crippen LogP contribution in [0.4, 0.5) is 18.9 Å². The first kappa shape index (κ1) is 27.3. The summed E-state index contributed by atoms with van der Waals surface area (Å²) < 4.78 is 41.3. The molecular formula is C23H24F3N5O4. The van der Waals surface area contributed by atoms with Crippen molar-refractivity contribution in [1.29, 1.82) is 0 Å². The van der Waals surface area contributed by atoms with Gasteiger partial charge in [0.25, 0.3) is 0 Å². The maximum absolute atomic E-state index is 13.8. The van der Waals surface area contributed by atoms with E-state index in [0.29, 0.717) is 12.1 Å². The Morgan fingerprint density at radius 1 is 1.17 bits per heavy atom. The molecule has 6 N–H and O–H groups in total. The molecule has 0 bridgehead atoms. The number of rotatable bonds is 9. The second kappa shape index (κ2) is 11.0. The molecule has 0 spiro atoms. The van der Waals surface area contributed by atoms with E-state index in [1.165, 1.54) is 30.2 Å². The minimum Gasteiger partial charge on any atom is -0.479 e. The Morgan fingerprint density at radius 3 is 2.26 bits per heavy atom. The number of carboxylic acids is 1. The molecule has 1 amide bonds. The summed E-state index contributed by atoms with van der Waals surface area (Å²) in [6.07, 6.45) is -4.30. The van der Waals surface area contributed by atoms with Crippen LogP contribution in [0.15, 0.2) is 53.5 Å². The van der Waals surface area contributed by atoms with Gasteiger partial charge in [0, 0.05) is 6.42 Å². The smallest absolute Gasteiger partial charge is 0.416 e. The number of nitrogens with one attached hydrogen (secondary N) is 1. The predicted molar refractivity (Wildman–Crippen MR) is 122 cm³/mol. The third-order valence-electron chi connectivity index (χ3n) is 5.00. The second-order valence-electron chi connectivity index (χ2n) is 7.91. The van der Waals surface area contributed by atoms with E-state index < -0.39 is 40.3 Å². The zero-order valence-electron chi connectivity index (χ0n) is 18.8. The number of alkyl halides is 3. The van der Waals surface area contributed by atoms with Gasteiger partial charge in [0.1, 0.15) is 12.3 Å². The van der Waals surface area contributed by atoms with Crippen LogP contribution in [0.5, 0.6) is 0 Å². The Morgan fingerprint density at radius 2 is 1.77 bits per heavy atom. The number of hydrazine groups is 2. The van der Waals surface area contributed by atoms with Gasteiger partial charge in [0.2, 0.25) is 11.4 Å². The molecule has 0 aliphatic heterocycles. The van der Waals surface area contributed by atoms with Gasteiger partial charge in [-0.1, -0.05) is 44.2 Å². The zero-order valence-corrected chi connectivity index (χ0v) is 18.8. The van der Waals surface area contributed by atoms with Gasteiger partial charge in [-0.05, 0) is 35.2 Å². The average molecular weight is 491 g/mol. The van der Waals surface area contributed by atoms with Crippen LogP contribution in [0.2, 0.25) is 0 Å². The molecule has 186 valence electrons. The highest BCUT2D eigenvalue weighted by Crippen LogP contribution is 2.43. The van der Waals surface area contributed by atoms with E-state index in [2.05, 4.69) is 4.99 Å². The number of halogens is 3. The molecule has 2 aromatic rings. The number of nitrogens with two attached hydrogens (primary N) is 2. The molecule has 9 nitrogen and oxygen atoms in total. The number of carbonyl (C=O) groups excluding carboxylic acids is 2. The molecule has 0 unspecified atom stereocenters. The molecule has 0 saturated heterocycles. The van der Waals surface area contributed by atoms with Crippen molar-refractivity contribution >= 4 is 35.4 Å². The van der Waals surface area contributed by atoms with Crippen molar-refractivity contribution in [3.05, 3.63) is 65.2 Å². The van der Waals surface area contributed by atoms with Gasteiger partial charge in [-0.2, -0.15) is 13.2 Å². The van der Waals surface area contributed by atoms with Crippen molar-refractivity contribution in [2.45, 2.75) is 32.0 Å². The van der Waals surface area contributed by atoms with Crippen molar-refractivity contribution in [1.82, 2.24) is 10.4 Å². The highest BCUT2D eigenvalue weighted by atomic mass is 19.4. The summed E-state index contributed by atoms with van der Waals surface area (Å²) >= 11 is 0. The fourth-order valence-corrected chi connectivity index (χ4v) is 3.49. The molecule has 2 aromatic carbocycles. The topological polar surface area (TPSA) is 151 Å². The maximum atomic E-state index is 13.8. The van der Waals surface area contributed by atoms with E-state index in [0.717, 1.165) is 12.4 Å². The average Bonchev–Trinajstić information content (AvgIpc) is 2.79. The quantitative estimate of drug-likeness (QED) is 0.105. The van der Waals surface area contributed by atoms with Gasteiger partial charge in [-0.25, -0.2) is 26.3 Å². The highest BCUT2D eigenvalue weighted by Gasteiger charge is 2.53. The summed E-state index contributed by atoms with van der Waals surface area (Å²) in [4.78, 5) is 41.8. The summed E-state index contributed by atoms with van der Waals surface area (Å²) in [7, 11) is 0. The first-order valence-electron chi connectivity index (χ1n) is 10.2. The van der Waals surface area contributed by atoms with Crippen LogP contribution in [0.1, 0.15) is 37.0 Å². The van der Waals surface area contributed by atoms with E-state index in [4.69, 9.17) is 11.7 Å². The van der Waals surface area contributed by atoms with E-state index in [-0.39, 0.29) is 28.6 Å². The van der Waals surface area contributed by atoms with Gasteiger partial charge in [-0.3, -0.25) is 9.80 Å².